The summed E-state index contributed by atoms with van der Waals surface area (Å²) in [5.41, 5.74) is 0.933. The Labute approximate surface area is 184 Å². The van der Waals surface area contributed by atoms with Crippen LogP contribution in [0.1, 0.15) is 39.3 Å². The molecule has 0 radical (unpaired) electrons. The van der Waals surface area contributed by atoms with Crippen molar-refractivity contribution in [3.05, 3.63) is 46.2 Å². The average Bonchev–Trinajstić information content (AvgIpc) is 3.32. The molecule has 9 heteroatoms. The second-order valence-electron chi connectivity index (χ2n) is 7.69. The lowest BCUT2D eigenvalue weighted by molar-refractivity contribution is -0.133. The van der Waals surface area contributed by atoms with Crippen molar-refractivity contribution in [1.29, 1.82) is 0 Å². The number of hydrogen-bond acceptors (Lipinski definition) is 6. The molecule has 1 fully saturated rings. The van der Waals surface area contributed by atoms with Crippen LogP contribution >= 0.6 is 11.3 Å². The number of anilines is 1. The molecule has 0 bridgehead atoms. The van der Waals surface area contributed by atoms with Gasteiger partial charge in [0.25, 0.3) is 11.8 Å². The number of fused-ring (bicyclic) bond motifs is 2. The van der Waals surface area contributed by atoms with E-state index in [1.807, 2.05) is 11.4 Å². The molecule has 4 rings (SSSR count). The fraction of sp³-hybridized carbons (Fsp3) is 0.409. The smallest absolute Gasteiger partial charge is 0.265 e. The second kappa shape index (κ2) is 9.07. The van der Waals surface area contributed by atoms with E-state index in [0.717, 1.165) is 6.42 Å². The highest BCUT2D eigenvalue weighted by Gasteiger charge is 2.39. The molecule has 2 aliphatic heterocycles. The maximum Gasteiger partial charge on any atom is 0.265 e. The van der Waals surface area contributed by atoms with Gasteiger partial charge < -0.3 is 25.0 Å². The van der Waals surface area contributed by atoms with Crippen LogP contribution in [0.5, 0.6) is 5.75 Å². The first-order valence-corrected chi connectivity index (χ1v) is 11.1. The maximum atomic E-state index is 13.2. The van der Waals surface area contributed by atoms with E-state index in [1.54, 1.807) is 43.3 Å². The largest absolute Gasteiger partial charge is 0.490 e. The van der Waals surface area contributed by atoms with Crippen LogP contribution in [-0.4, -0.2) is 61.6 Å². The predicted molar refractivity (Wildman–Crippen MR) is 117 cm³/mol. The van der Waals surface area contributed by atoms with E-state index >= 15 is 0 Å². The lowest BCUT2D eigenvalue weighted by Gasteiger charge is -2.42. The van der Waals surface area contributed by atoms with E-state index in [1.165, 1.54) is 11.3 Å². The van der Waals surface area contributed by atoms with Gasteiger partial charge in [0, 0.05) is 19.8 Å². The minimum absolute atomic E-state index is 0.0675. The quantitative estimate of drug-likeness (QED) is 0.757. The van der Waals surface area contributed by atoms with Crippen molar-refractivity contribution in [3.8, 4) is 5.75 Å². The Morgan fingerprint density at radius 2 is 2.10 bits per heavy atom. The van der Waals surface area contributed by atoms with Gasteiger partial charge in [0.2, 0.25) is 5.91 Å². The average molecular weight is 444 g/mol. The summed E-state index contributed by atoms with van der Waals surface area (Å²) >= 11 is 1.35. The number of likely N-dealkylation sites (N-methyl/N-ethyl adjacent to an activating group) is 1. The van der Waals surface area contributed by atoms with Crippen LogP contribution in [0.25, 0.3) is 0 Å². The Kier molecular flexibility index (Phi) is 6.24. The number of benzene rings is 1. The molecule has 0 aliphatic carbocycles. The Balaban J connectivity index is 1.52. The van der Waals surface area contributed by atoms with Crippen molar-refractivity contribution >= 4 is 34.7 Å². The highest BCUT2D eigenvalue weighted by molar-refractivity contribution is 7.12. The molecule has 2 aromatic rings. The van der Waals surface area contributed by atoms with Crippen LogP contribution in [0.15, 0.2) is 35.7 Å². The summed E-state index contributed by atoms with van der Waals surface area (Å²) in [6.45, 7) is 0.278. The van der Waals surface area contributed by atoms with Gasteiger partial charge in [-0.25, -0.2) is 0 Å². The minimum Gasteiger partial charge on any atom is -0.490 e. The molecule has 31 heavy (non-hydrogen) atoms. The topological polar surface area (TPSA) is 97.0 Å². The SMILES string of the molecule is CNC(=O)C[C@H]1CC[C@@H]2[C@@H](COc3ccc(NC(=O)c4cccs4)cc3C(=O)N2C)O1. The summed E-state index contributed by atoms with van der Waals surface area (Å²) < 4.78 is 12.1. The number of amides is 3. The highest BCUT2D eigenvalue weighted by atomic mass is 32.1. The van der Waals surface area contributed by atoms with Crippen LogP contribution in [0.2, 0.25) is 0 Å². The van der Waals surface area contributed by atoms with E-state index in [9.17, 15) is 14.4 Å². The molecule has 1 aromatic heterocycles. The van der Waals surface area contributed by atoms with E-state index in [-0.39, 0.29) is 42.6 Å². The monoisotopic (exact) mass is 443 g/mol. The normalized spacial score (nSPS) is 23.0. The zero-order chi connectivity index (χ0) is 22.0. The number of rotatable bonds is 4. The van der Waals surface area contributed by atoms with Crippen LogP contribution < -0.4 is 15.4 Å². The van der Waals surface area contributed by atoms with Crippen LogP contribution in [0.3, 0.4) is 0 Å². The van der Waals surface area contributed by atoms with Crippen molar-refractivity contribution < 1.29 is 23.9 Å². The standard InChI is InChI=1S/C22H25N3O5S/c1-23-20(26)11-14-6-7-16-18(30-14)12-29-17-8-5-13(10-15(17)22(28)25(16)2)24-21(27)19-4-3-9-31-19/h3-5,8-10,14,16,18H,6-7,11-12H2,1-2H3,(H,23,26)(H,24,27)/t14-,16-,18-/m1/s1. The number of nitrogens with one attached hydrogen (secondary N) is 2. The van der Waals surface area contributed by atoms with E-state index in [2.05, 4.69) is 10.6 Å². The Hall–Kier alpha value is -2.91. The van der Waals surface area contributed by atoms with Gasteiger partial charge in [-0.1, -0.05) is 6.07 Å². The molecule has 2 N–H and O–H groups in total. The van der Waals surface area contributed by atoms with Crippen LogP contribution in [0, 0.1) is 0 Å². The first-order chi connectivity index (χ1) is 15.0. The summed E-state index contributed by atoms with van der Waals surface area (Å²) in [4.78, 5) is 39.6. The summed E-state index contributed by atoms with van der Waals surface area (Å²) in [5, 5.41) is 7.29. The molecule has 3 heterocycles. The highest BCUT2D eigenvalue weighted by Crippen LogP contribution is 2.32. The van der Waals surface area contributed by atoms with Gasteiger partial charge in [0.1, 0.15) is 18.5 Å². The Bertz CT molecular complexity index is 978. The molecule has 2 aliphatic rings. The van der Waals surface area contributed by atoms with E-state index < -0.39 is 0 Å². The maximum absolute atomic E-state index is 13.2. The fourth-order valence-corrected chi connectivity index (χ4v) is 4.63. The van der Waals surface area contributed by atoms with Crippen molar-refractivity contribution in [1.82, 2.24) is 10.2 Å². The molecule has 3 amide bonds. The van der Waals surface area contributed by atoms with Crippen molar-refractivity contribution in [2.75, 3.05) is 26.0 Å². The zero-order valence-electron chi connectivity index (χ0n) is 17.4. The molecule has 0 spiro atoms. The number of carbonyl (C=O) groups is 3. The third-order valence-corrected chi connectivity index (χ3v) is 6.58. The van der Waals surface area contributed by atoms with Crippen molar-refractivity contribution in [2.45, 2.75) is 37.5 Å². The van der Waals surface area contributed by atoms with E-state index in [4.69, 9.17) is 9.47 Å². The number of carbonyl (C=O) groups excluding carboxylic acids is 3. The second-order valence-corrected chi connectivity index (χ2v) is 8.64. The minimum atomic E-state index is -0.316. The molecule has 1 aromatic carbocycles. The molecular weight excluding hydrogens is 418 g/mol. The van der Waals surface area contributed by atoms with Gasteiger partial charge in [-0.3, -0.25) is 14.4 Å². The summed E-state index contributed by atoms with van der Waals surface area (Å²) in [7, 11) is 3.36. The molecular formula is C22H25N3O5S. The number of thiophene rings is 1. The lowest BCUT2D eigenvalue weighted by atomic mass is 9.94. The van der Waals surface area contributed by atoms with Gasteiger partial charge in [0.15, 0.2) is 0 Å². The molecule has 0 unspecified atom stereocenters. The van der Waals surface area contributed by atoms with Gasteiger partial charge in [-0.15, -0.1) is 11.3 Å². The third-order valence-electron chi connectivity index (χ3n) is 5.71. The fourth-order valence-electron chi connectivity index (χ4n) is 4.01. The number of hydrogen-bond donors (Lipinski definition) is 2. The van der Waals surface area contributed by atoms with E-state index in [0.29, 0.717) is 34.7 Å². The third kappa shape index (κ3) is 4.57. The first-order valence-electron chi connectivity index (χ1n) is 10.2. The van der Waals surface area contributed by atoms with Gasteiger partial charge in [0.05, 0.1) is 29.0 Å². The molecule has 8 nitrogen and oxygen atoms in total. The Morgan fingerprint density at radius 3 is 2.84 bits per heavy atom. The number of ether oxygens (including phenoxy) is 2. The van der Waals surface area contributed by atoms with Gasteiger partial charge in [-0.05, 0) is 42.5 Å². The van der Waals surface area contributed by atoms with Crippen molar-refractivity contribution in [3.63, 3.8) is 0 Å². The lowest BCUT2D eigenvalue weighted by Crippen LogP contribution is -2.53. The molecule has 164 valence electrons. The molecule has 3 atom stereocenters. The summed E-state index contributed by atoms with van der Waals surface area (Å²) in [6, 6.07) is 8.47. The number of nitrogens with zero attached hydrogens (tertiary/aromatic N) is 1. The molecule has 0 saturated carbocycles. The Morgan fingerprint density at radius 1 is 1.26 bits per heavy atom. The summed E-state index contributed by atoms with van der Waals surface area (Å²) in [6.07, 6.45) is 1.20. The first kappa shape index (κ1) is 21.3. The van der Waals surface area contributed by atoms with Gasteiger partial charge in [-0.2, -0.15) is 0 Å². The summed E-state index contributed by atoms with van der Waals surface area (Å²) in [5.74, 6) is -0.0285. The predicted octanol–water partition coefficient (Wildman–Crippen LogP) is 2.52. The van der Waals surface area contributed by atoms with Crippen LogP contribution in [0.4, 0.5) is 5.69 Å². The van der Waals surface area contributed by atoms with Crippen LogP contribution in [-0.2, 0) is 9.53 Å². The van der Waals surface area contributed by atoms with Gasteiger partial charge >= 0.3 is 0 Å². The zero-order valence-corrected chi connectivity index (χ0v) is 18.2. The van der Waals surface area contributed by atoms with Crippen molar-refractivity contribution in [2.24, 2.45) is 0 Å². The molecule has 1 saturated heterocycles.